The summed E-state index contributed by atoms with van der Waals surface area (Å²) in [6, 6.07) is 12.9. The number of halogens is 1. The van der Waals surface area contributed by atoms with Gasteiger partial charge in [-0.3, -0.25) is 0 Å². The monoisotopic (exact) mass is 301 g/mol. The Hall–Kier alpha value is -2.33. The molecular weight excluding hydrogens is 290 g/mol. The zero-order valence-corrected chi connectivity index (χ0v) is 12.1. The lowest BCUT2D eigenvalue weighted by Crippen LogP contribution is -2.02. The maximum Gasteiger partial charge on any atom is 0.338 e. The largest absolute Gasteiger partial charge is 0.478 e. The minimum atomic E-state index is -0.371. The fourth-order valence-corrected chi connectivity index (χ4v) is 2.40. The Morgan fingerprint density at radius 2 is 2.05 bits per heavy atom. The zero-order valence-electron chi connectivity index (χ0n) is 11.3. The molecule has 0 saturated heterocycles. The molecule has 0 amide bonds. The van der Waals surface area contributed by atoms with E-state index in [1.54, 1.807) is 12.1 Å². The van der Waals surface area contributed by atoms with Crippen molar-refractivity contribution >= 4 is 39.4 Å². The lowest BCUT2D eigenvalue weighted by Gasteiger charge is -2.07. The number of fused-ring (bicyclic) bond motifs is 2. The first-order valence-electron chi connectivity index (χ1n) is 6.33. The molecule has 0 radical (unpaired) electrons. The van der Waals surface area contributed by atoms with Crippen LogP contribution in [0.25, 0.3) is 21.8 Å². The predicted octanol–water partition coefficient (Wildman–Crippen LogP) is 3.75. The molecule has 5 heteroatoms. The van der Waals surface area contributed by atoms with E-state index in [9.17, 15) is 4.79 Å². The van der Waals surface area contributed by atoms with Crippen LogP contribution in [0.2, 0.25) is 0 Å². The van der Waals surface area contributed by atoms with Crippen LogP contribution in [0.3, 0.4) is 0 Å². The summed E-state index contributed by atoms with van der Waals surface area (Å²) in [5.74, 6) is 0.289. The van der Waals surface area contributed by atoms with Crippen LogP contribution in [0.15, 0.2) is 42.5 Å². The number of carbonyl (C=O) groups is 1. The minimum absolute atomic E-state index is 0.0889. The third kappa shape index (κ3) is 2.50. The molecule has 0 fully saturated rings. The fourth-order valence-electron chi connectivity index (χ4n) is 2.27. The highest BCUT2D eigenvalue weighted by Gasteiger charge is 2.11. The standard InChI is InChI=1S/C16H12ClNO3/c1-20-16(19)12-3-2-4-14-13(12)7-10-5-6-11(21-9-17)8-15(10)18-14/h2-8H,9H2,1H3. The molecule has 3 rings (SSSR count). The lowest BCUT2D eigenvalue weighted by atomic mass is 10.1. The summed E-state index contributed by atoms with van der Waals surface area (Å²) in [6.45, 7) is 0. The third-order valence-electron chi connectivity index (χ3n) is 3.25. The Morgan fingerprint density at radius 1 is 1.19 bits per heavy atom. The SMILES string of the molecule is COC(=O)c1cccc2nc3cc(OCCl)ccc3cc12. The molecule has 0 saturated carbocycles. The molecule has 106 valence electrons. The first-order valence-corrected chi connectivity index (χ1v) is 6.87. The van der Waals surface area contributed by atoms with Gasteiger partial charge in [0.1, 0.15) is 5.75 Å². The van der Waals surface area contributed by atoms with E-state index in [-0.39, 0.29) is 12.0 Å². The number of nitrogens with zero attached hydrogens (tertiary/aromatic N) is 1. The smallest absolute Gasteiger partial charge is 0.338 e. The van der Waals surface area contributed by atoms with Gasteiger partial charge >= 0.3 is 5.97 Å². The van der Waals surface area contributed by atoms with Gasteiger partial charge in [0.05, 0.1) is 23.7 Å². The number of pyridine rings is 1. The zero-order chi connectivity index (χ0) is 14.8. The fraction of sp³-hybridized carbons (Fsp3) is 0.125. The second-order valence-corrected chi connectivity index (χ2v) is 4.68. The molecule has 3 aromatic rings. The molecule has 0 aliphatic heterocycles. The van der Waals surface area contributed by atoms with E-state index < -0.39 is 0 Å². The normalized spacial score (nSPS) is 10.8. The average Bonchev–Trinajstić information content (AvgIpc) is 2.52. The summed E-state index contributed by atoms with van der Waals surface area (Å²) in [7, 11) is 1.37. The van der Waals surface area contributed by atoms with E-state index in [2.05, 4.69) is 4.98 Å². The lowest BCUT2D eigenvalue weighted by molar-refractivity contribution is 0.0603. The molecule has 0 atom stereocenters. The van der Waals surface area contributed by atoms with E-state index in [4.69, 9.17) is 21.1 Å². The van der Waals surface area contributed by atoms with Crippen molar-refractivity contribution in [1.82, 2.24) is 4.98 Å². The maximum atomic E-state index is 11.8. The van der Waals surface area contributed by atoms with Crippen LogP contribution in [-0.4, -0.2) is 24.1 Å². The number of aromatic nitrogens is 1. The van der Waals surface area contributed by atoms with Crippen LogP contribution < -0.4 is 4.74 Å². The summed E-state index contributed by atoms with van der Waals surface area (Å²) in [5.41, 5.74) is 2.02. The summed E-state index contributed by atoms with van der Waals surface area (Å²) in [6.07, 6.45) is 0. The van der Waals surface area contributed by atoms with Gasteiger partial charge in [-0.05, 0) is 30.3 Å². The Kier molecular flexibility index (Phi) is 3.62. The van der Waals surface area contributed by atoms with Gasteiger partial charge in [0.2, 0.25) is 0 Å². The van der Waals surface area contributed by atoms with Crippen molar-refractivity contribution < 1.29 is 14.3 Å². The highest BCUT2D eigenvalue weighted by Crippen LogP contribution is 2.26. The van der Waals surface area contributed by atoms with Crippen LogP contribution >= 0.6 is 11.6 Å². The van der Waals surface area contributed by atoms with E-state index in [0.29, 0.717) is 11.3 Å². The van der Waals surface area contributed by atoms with Crippen LogP contribution in [-0.2, 0) is 4.74 Å². The molecule has 0 spiro atoms. The van der Waals surface area contributed by atoms with Crippen molar-refractivity contribution in [3.8, 4) is 5.75 Å². The van der Waals surface area contributed by atoms with Crippen LogP contribution in [0.4, 0.5) is 0 Å². The average molecular weight is 302 g/mol. The van der Waals surface area contributed by atoms with E-state index in [1.165, 1.54) is 7.11 Å². The summed E-state index contributed by atoms with van der Waals surface area (Å²) in [5, 5.41) is 1.68. The number of hydrogen-bond acceptors (Lipinski definition) is 4. The summed E-state index contributed by atoms with van der Waals surface area (Å²) >= 11 is 5.56. The Balaban J connectivity index is 2.24. The molecule has 0 N–H and O–H groups in total. The van der Waals surface area contributed by atoms with E-state index in [1.807, 2.05) is 30.3 Å². The third-order valence-corrected chi connectivity index (χ3v) is 3.36. The van der Waals surface area contributed by atoms with Gasteiger partial charge < -0.3 is 9.47 Å². The Bertz CT molecular complexity index is 832. The van der Waals surface area contributed by atoms with Gasteiger partial charge in [-0.2, -0.15) is 0 Å². The molecule has 21 heavy (non-hydrogen) atoms. The number of esters is 1. The molecule has 2 aromatic carbocycles. The summed E-state index contributed by atoms with van der Waals surface area (Å²) in [4.78, 5) is 16.4. The molecule has 0 unspecified atom stereocenters. The highest BCUT2D eigenvalue weighted by molar-refractivity contribution is 6.17. The molecule has 1 heterocycles. The number of benzene rings is 2. The van der Waals surface area contributed by atoms with E-state index >= 15 is 0 Å². The first-order chi connectivity index (χ1) is 10.2. The van der Waals surface area contributed by atoms with E-state index in [0.717, 1.165) is 21.8 Å². The van der Waals surface area contributed by atoms with Gasteiger partial charge in [0, 0.05) is 16.8 Å². The number of carbonyl (C=O) groups excluding carboxylic acids is 1. The van der Waals surface area contributed by atoms with Crippen molar-refractivity contribution in [3.63, 3.8) is 0 Å². The summed E-state index contributed by atoms with van der Waals surface area (Å²) < 4.78 is 10.1. The second kappa shape index (κ2) is 5.58. The number of rotatable bonds is 3. The van der Waals surface area contributed by atoms with Crippen molar-refractivity contribution in [2.45, 2.75) is 0 Å². The van der Waals surface area contributed by atoms with Gasteiger partial charge in [0.15, 0.2) is 6.07 Å². The molecule has 0 bridgehead atoms. The van der Waals surface area contributed by atoms with Crippen LogP contribution in [0.5, 0.6) is 5.75 Å². The molecular formula is C16H12ClNO3. The quantitative estimate of drug-likeness (QED) is 0.420. The van der Waals surface area contributed by atoms with Crippen LogP contribution in [0, 0.1) is 0 Å². The van der Waals surface area contributed by atoms with Crippen molar-refractivity contribution in [2.75, 3.05) is 13.2 Å². The number of alkyl halides is 1. The molecule has 0 aliphatic rings. The maximum absolute atomic E-state index is 11.8. The predicted molar refractivity (Wildman–Crippen MR) is 81.9 cm³/mol. The van der Waals surface area contributed by atoms with Crippen molar-refractivity contribution in [1.29, 1.82) is 0 Å². The van der Waals surface area contributed by atoms with Gasteiger partial charge in [0.25, 0.3) is 0 Å². The Labute approximate surface area is 126 Å². The van der Waals surface area contributed by atoms with Crippen molar-refractivity contribution in [2.24, 2.45) is 0 Å². The van der Waals surface area contributed by atoms with Crippen molar-refractivity contribution in [3.05, 3.63) is 48.0 Å². The number of hydrogen-bond donors (Lipinski definition) is 0. The first kappa shape index (κ1) is 13.6. The molecule has 0 aliphatic carbocycles. The van der Waals surface area contributed by atoms with Crippen LogP contribution in [0.1, 0.15) is 10.4 Å². The molecule has 4 nitrogen and oxygen atoms in total. The second-order valence-electron chi connectivity index (χ2n) is 4.46. The Morgan fingerprint density at radius 3 is 2.81 bits per heavy atom. The van der Waals surface area contributed by atoms with Gasteiger partial charge in [-0.15, -0.1) is 0 Å². The van der Waals surface area contributed by atoms with Gasteiger partial charge in [-0.25, -0.2) is 9.78 Å². The molecule has 1 aromatic heterocycles. The number of methoxy groups -OCH3 is 1. The number of ether oxygens (including phenoxy) is 2. The minimum Gasteiger partial charge on any atom is -0.478 e. The highest BCUT2D eigenvalue weighted by atomic mass is 35.5. The van der Waals surface area contributed by atoms with Gasteiger partial charge in [-0.1, -0.05) is 17.7 Å². The topological polar surface area (TPSA) is 48.4 Å².